The lowest BCUT2D eigenvalue weighted by Crippen LogP contribution is -2.02. The number of fused-ring (bicyclic) bond motifs is 1. The quantitative estimate of drug-likeness (QED) is 0.331. The summed E-state index contributed by atoms with van der Waals surface area (Å²) in [6.45, 7) is 12.0. The summed E-state index contributed by atoms with van der Waals surface area (Å²) < 4.78 is 2.00. The van der Waals surface area contributed by atoms with Crippen LogP contribution in [0.4, 0.5) is 0 Å². The minimum absolute atomic E-state index is 0.135. The van der Waals surface area contributed by atoms with E-state index < -0.39 is 0 Å². The Morgan fingerprint density at radius 1 is 0.767 bits per heavy atom. The minimum Gasteiger partial charge on any atom is -0.306 e. The Balaban J connectivity index is 0.000000691. The number of nitrogens with zero attached hydrogens (tertiary/aromatic N) is 2. The van der Waals surface area contributed by atoms with Gasteiger partial charge in [0.05, 0.1) is 5.69 Å². The molecule has 0 N–H and O–H groups in total. The zero-order chi connectivity index (χ0) is 22.4. The predicted octanol–water partition coefficient (Wildman–Crippen LogP) is 7.51. The molecule has 3 heteroatoms. The minimum atomic E-state index is 0.135. The number of aromatic nitrogens is 2. The molecule has 4 aromatic rings. The Kier molecular flexibility index (Phi) is 11.5. The fraction of sp³-hybridized carbons (Fsp3) is 0.259. The molecule has 0 aliphatic heterocycles. The molecule has 0 unspecified atom stereocenters. The van der Waals surface area contributed by atoms with Gasteiger partial charge >= 0.3 is 0 Å². The standard InChI is InChI=1S/C21H16N2O.3C2H6/c24-20(18-6-2-1-3-7-18)14-16-9-11-17(12-10-16)19-15-23-13-5-4-8-21(23)22-19;3*1-2/h1-13,15H,14H2;3*1-2H3. The molecule has 0 radical (unpaired) electrons. The van der Waals surface area contributed by atoms with Gasteiger partial charge in [-0.3, -0.25) is 4.79 Å². The molecule has 4 rings (SSSR count). The highest BCUT2D eigenvalue weighted by atomic mass is 16.1. The Hall–Kier alpha value is -3.20. The van der Waals surface area contributed by atoms with Crippen LogP contribution in [0.1, 0.15) is 57.5 Å². The van der Waals surface area contributed by atoms with Gasteiger partial charge in [0.1, 0.15) is 5.65 Å². The fourth-order valence-electron chi connectivity index (χ4n) is 2.78. The monoisotopic (exact) mass is 402 g/mol. The van der Waals surface area contributed by atoms with Crippen LogP contribution in [0.15, 0.2) is 85.2 Å². The zero-order valence-corrected chi connectivity index (χ0v) is 19.1. The second-order valence-electron chi connectivity index (χ2n) is 5.76. The zero-order valence-electron chi connectivity index (χ0n) is 19.1. The van der Waals surface area contributed by atoms with Crippen LogP contribution in [-0.4, -0.2) is 15.2 Å². The van der Waals surface area contributed by atoms with Gasteiger partial charge in [0.2, 0.25) is 0 Å². The van der Waals surface area contributed by atoms with Crippen molar-refractivity contribution in [1.29, 1.82) is 0 Å². The number of ketones is 1. The van der Waals surface area contributed by atoms with E-state index in [4.69, 9.17) is 0 Å². The number of carbonyl (C=O) groups is 1. The van der Waals surface area contributed by atoms with Crippen LogP contribution in [0.2, 0.25) is 0 Å². The van der Waals surface area contributed by atoms with Crippen molar-refractivity contribution >= 4 is 11.4 Å². The van der Waals surface area contributed by atoms with E-state index in [1.165, 1.54) is 0 Å². The van der Waals surface area contributed by atoms with Crippen molar-refractivity contribution in [2.45, 2.75) is 48.0 Å². The molecular formula is C27H34N2O. The number of imidazole rings is 1. The molecule has 0 amide bonds. The molecule has 3 nitrogen and oxygen atoms in total. The summed E-state index contributed by atoms with van der Waals surface area (Å²) >= 11 is 0. The molecule has 0 atom stereocenters. The van der Waals surface area contributed by atoms with Crippen molar-refractivity contribution in [2.75, 3.05) is 0 Å². The van der Waals surface area contributed by atoms with Crippen LogP contribution >= 0.6 is 0 Å². The van der Waals surface area contributed by atoms with Crippen LogP contribution in [0.25, 0.3) is 16.9 Å². The van der Waals surface area contributed by atoms with Gasteiger partial charge in [0.25, 0.3) is 0 Å². The molecule has 2 aromatic carbocycles. The average Bonchev–Trinajstić information content (AvgIpc) is 3.28. The van der Waals surface area contributed by atoms with E-state index in [0.717, 1.165) is 28.0 Å². The first-order valence-electron chi connectivity index (χ1n) is 10.9. The number of pyridine rings is 1. The van der Waals surface area contributed by atoms with E-state index in [9.17, 15) is 4.79 Å². The second kappa shape index (κ2) is 13.9. The highest BCUT2D eigenvalue weighted by Crippen LogP contribution is 2.20. The Bertz CT molecular complexity index is 953. The topological polar surface area (TPSA) is 34.4 Å². The number of rotatable bonds is 4. The highest BCUT2D eigenvalue weighted by molar-refractivity contribution is 5.97. The SMILES string of the molecule is CC.CC.CC.O=C(Cc1ccc(-c2cn3ccccc3n2)cc1)c1ccccc1. The molecule has 0 saturated carbocycles. The van der Waals surface area contributed by atoms with Crippen LogP contribution in [-0.2, 0) is 6.42 Å². The number of hydrogen-bond donors (Lipinski definition) is 0. The van der Waals surface area contributed by atoms with E-state index in [2.05, 4.69) is 4.98 Å². The summed E-state index contributed by atoms with van der Waals surface area (Å²) in [6.07, 6.45) is 4.41. The summed E-state index contributed by atoms with van der Waals surface area (Å²) in [5.41, 5.74) is 4.67. The Morgan fingerprint density at radius 2 is 1.37 bits per heavy atom. The summed E-state index contributed by atoms with van der Waals surface area (Å²) in [5, 5.41) is 0. The normalized spacial score (nSPS) is 9.27. The summed E-state index contributed by atoms with van der Waals surface area (Å²) in [4.78, 5) is 16.9. The third-order valence-corrected chi connectivity index (χ3v) is 4.07. The van der Waals surface area contributed by atoms with Crippen molar-refractivity contribution in [3.8, 4) is 11.3 Å². The lowest BCUT2D eigenvalue weighted by atomic mass is 10.0. The summed E-state index contributed by atoms with van der Waals surface area (Å²) in [7, 11) is 0. The maximum atomic E-state index is 12.3. The molecule has 0 saturated heterocycles. The maximum absolute atomic E-state index is 12.3. The third-order valence-electron chi connectivity index (χ3n) is 4.07. The third kappa shape index (κ3) is 6.70. The fourth-order valence-corrected chi connectivity index (χ4v) is 2.78. The second-order valence-corrected chi connectivity index (χ2v) is 5.76. The molecule has 30 heavy (non-hydrogen) atoms. The lowest BCUT2D eigenvalue weighted by molar-refractivity contribution is 0.0993. The van der Waals surface area contributed by atoms with Crippen molar-refractivity contribution in [3.05, 3.63) is 96.3 Å². The largest absolute Gasteiger partial charge is 0.306 e. The van der Waals surface area contributed by atoms with Crippen molar-refractivity contribution in [2.24, 2.45) is 0 Å². The molecule has 158 valence electrons. The Morgan fingerprint density at radius 3 is 1.97 bits per heavy atom. The molecule has 0 bridgehead atoms. The van der Waals surface area contributed by atoms with E-state index >= 15 is 0 Å². The summed E-state index contributed by atoms with van der Waals surface area (Å²) in [6, 6.07) is 23.4. The molecule has 0 aliphatic rings. The smallest absolute Gasteiger partial charge is 0.167 e. The lowest BCUT2D eigenvalue weighted by Gasteiger charge is -2.03. The Labute approximate surface area is 181 Å². The van der Waals surface area contributed by atoms with Crippen LogP contribution in [0.3, 0.4) is 0 Å². The van der Waals surface area contributed by atoms with E-state index in [1.54, 1.807) is 0 Å². The summed E-state index contributed by atoms with van der Waals surface area (Å²) in [5.74, 6) is 0.135. The predicted molar refractivity (Wildman–Crippen MR) is 129 cm³/mol. The van der Waals surface area contributed by atoms with E-state index in [0.29, 0.717) is 6.42 Å². The highest BCUT2D eigenvalue weighted by Gasteiger charge is 2.08. The van der Waals surface area contributed by atoms with Gasteiger partial charge in [-0.1, -0.05) is 102 Å². The van der Waals surface area contributed by atoms with E-state index in [-0.39, 0.29) is 5.78 Å². The van der Waals surface area contributed by atoms with Crippen molar-refractivity contribution in [1.82, 2.24) is 9.38 Å². The van der Waals surface area contributed by atoms with Crippen LogP contribution in [0.5, 0.6) is 0 Å². The first-order chi connectivity index (χ1) is 14.8. The number of benzene rings is 2. The maximum Gasteiger partial charge on any atom is 0.167 e. The van der Waals surface area contributed by atoms with Crippen molar-refractivity contribution in [3.63, 3.8) is 0 Å². The van der Waals surface area contributed by atoms with Gasteiger partial charge in [-0.2, -0.15) is 0 Å². The van der Waals surface area contributed by atoms with Gasteiger partial charge in [0.15, 0.2) is 5.78 Å². The van der Waals surface area contributed by atoms with Gasteiger partial charge < -0.3 is 4.40 Å². The van der Waals surface area contributed by atoms with Gasteiger partial charge in [0, 0.05) is 29.9 Å². The molecule has 0 fully saturated rings. The number of carbonyl (C=O) groups excluding carboxylic acids is 1. The molecule has 0 spiro atoms. The van der Waals surface area contributed by atoms with Crippen molar-refractivity contribution < 1.29 is 4.79 Å². The van der Waals surface area contributed by atoms with Gasteiger partial charge in [-0.25, -0.2) is 4.98 Å². The van der Waals surface area contributed by atoms with E-state index in [1.807, 2.05) is 131 Å². The first-order valence-corrected chi connectivity index (χ1v) is 10.9. The average molecular weight is 403 g/mol. The molecular weight excluding hydrogens is 368 g/mol. The van der Waals surface area contributed by atoms with Crippen LogP contribution < -0.4 is 0 Å². The number of Topliss-reactive ketones (excluding diaryl/α,β-unsaturated/α-hetero) is 1. The van der Waals surface area contributed by atoms with Crippen LogP contribution in [0, 0.1) is 0 Å². The van der Waals surface area contributed by atoms with Gasteiger partial charge in [-0.15, -0.1) is 0 Å². The van der Waals surface area contributed by atoms with Gasteiger partial charge in [-0.05, 0) is 17.7 Å². The first kappa shape index (κ1) is 24.8. The molecule has 2 aromatic heterocycles. The molecule has 0 aliphatic carbocycles. The molecule has 2 heterocycles. The number of hydrogen-bond acceptors (Lipinski definition) is 2.